The van der Waals surface area contributed by atoms with Crippen LogP contribution in [-0.2, 0) is 19.6 Å². The van der Waals surface area contributed by atoms with Crippen LogP contribution in [-0.4, -0.2) is 27.0 Å². The lowest BCUT2D eigenvalue weighted by Crippen LogP contribution is -2.52. The average molecular weight is 341 g/mol. The van der Waals surface area contributed by atoms with Crippen molar-refractivity contribution in [3.63, 3.8) is 0 Å². The summed E-state index contributed by atoms with van der Waals surface area (Å²) < 4.78 is 33.3. The van der Waals surface area contributed by atoms with Gasteiger partial charge in [-0.15, -0.1) is 0 Å². The highest BCUT2D eigenvalue weighted by atomic mass is 32.2. The summed E-state index contributed by atoms with van der Waals surface area (Å²) in [5, 5.41) is 0. The van der Waals surface area contributed by atoms with Gasteiger partial charge in [0.15, 0.2) is 0 Å². The largest absolute Gasteiger partial charge is 0.468 e. The average Bonchev–Trinajstić information content (AvgIpc) is 2.43. The van der Waals surface area contributed by atoms with Gasteiger partial charge in [-0.25, -0.2) is 8.42 Å². The van der Waals surface area contributed by atoms with E-state index in [2.05, 4.69) is 4.72 Å². The maximum absolute atomic E-state index is 13.0. The number of carbonyl (C=O) groups excluding carboxylic acids is 1. The number of benzene rings is 1. The van der Waals surface area contributed by atoms with Crippen molar-refractivity contribution in [1.29, 1.82) is 0 Å². The molecule has 0 saturated carbocycles. The third-order valence-corrected chi connectivity index (χ3v) is 6.18. The Morgan fingerprint density at radius 1 is 1.17 bits per heavy atom. The zero-order chi connectivity index (χ0) is 18.0. The van der Waals surface area contributed by atoms with E-state index in [0.717, 1.165) is 11.1 Å². The quantitative estimate of drug-likeness (QED) is 0.808. The summed E-state index contributed by atoms with van der Waals surface area (Å²) in [5.41, 5.74) is 1.93. The SMILES string of the molecule is CCCC(C)(NS(=O)(=O)c1c(C)c(C)cc(C)c1C)C(=O)OC. The van der Waals surface area contributed by atoms with Gasteiger partial charge in [0.05, 0.1) is 12.0 Å². The Labute approximate surface area is 139 Å². The van der Waals surface area contributed by atoms with Crippen molar-refractivity contribution in [3.8, 4) is 0 Å². The van der Waals surface area contributed by atoms with Crippen molar-refractivity contribution in [2.24, 2.45) is 0 Å². The summed E-state index contributed by atoms with van der Waals surface area (Å²) in [4.78, 5) is 12.3. The maximum Gasteiger partial charge on any atom is 0.326 e. The molecule has 0 aromatic heterocycles. The molecule has 0 amide bonds. The third-order valence-electron chi connectivity index (χ3n) is 4.31. The van der Waals surface area contributed by atoms with E-state index in [1.807, 2.05) is 26.8 Å². The van der Waals surface area contributed by atoms with Crippen LogP contribution in [0.4, 0.5) is 0 Å². The van der Waals surface area contributed by atoms with Crippen LogP contribution in [0.25, 0.3) is 0 Å². The zero-order valence-electron chi connectivity index (χ0n) is 15.0. The summed E-state index contributed by atoms with van der Waals surface area (Å²) in [7, 11) is -2.59. The van der Waals surface area contributed by atoms with Gasteiger partial charge in [0.25, 0.3) is 0 Å². The van der Waals surface area contributed by atoms with Crippen molar-refractivity contribution in [2.75, 3.05) is 7.11 Å². The summed E-state index contributed by atoms with van der Waals surface area (Å²) in [6.45, 7) is 10.8. The lowest BCUT2D eigenvalue weighted by atomic mass is 9.98. The van der Waals surface area contributed by atoms with Crippen LogP contribution in [0, 0.1) is 27.7 Å². The highest BCUT2D eigenvalue weighted by molar-refractivity contribution is 7.89. The van der Waals surface area contributed by atoms with Crippen molar-refractivity contribution in [1.82, 2.24) is 4.72 Å². The van der Waals surface area contributed by atoms with E-state index in [9.17, 15) is 13.2 Å². The van der Waals surface area contributed by atoms with E-state index >= 15 is 0 Å². The monoisotopic (exact) mass is 341 g/mol. The number of aryl methyl sites for hydroxylation is 2. The topological polar surface area (TPSA) is 72.5 Å². The molecule has 0 heterocycles. The van der Waals surface area contributed by atoms with E-state index < -0.39 is 21.5 Å². The third kappa shape index (κ3) is 3.93. The first kappa shape index (κ1) is 19.6. The van der Waals surface area contributed by atoms with Gasteiger partial charge in [-0.2, -0.15) is 4.72 Å². The molecule has 23 heavy (non-hydrogen) atoms. The number of carbonyl (C=O) groups is 1. The number of rotatable bonds is 6. The summed E-state index contributed by atoms with van der Waals surface area (Å²) in [6, 6.07) is 1.97. The Morgan fingerprint density at radius 2 is 1.65 bits per heavy atom. The Balaban J connectivity index is 3.46. The highest BCUT2D eigenvalue weighted by Gasteiger charge is 2.39. The molecule has 0 bridgehead atoms. The van der Waals surface area contributed by atoms with E-state index in [1.54, 1.807) is 20.8 Å². The minimum absolute atomic E-state index is 0.251. The predicted molar refractivity (Wildman–Crippen MR) is 91.0 cm³/mol. The molecule has 0 saturated heterocycles. The molecule has 0 aliphatic heterocycles. The highest BCUT2D eigenvalue weighted by Crippen LogP contribution is 2.28. The van der Waals surface area contributed by atoms with Gasteiger partial charge in [-0.05, 0) is 63.3 Å². The van der Waals surface area contributed by atoms with Gasteiger partial charge in [0.2, 0.25) is 10.0 Å². The summed E-state index contributed by atoms with van der Waals surface area (Å²) in [6.07, 6.45) is 1.01. The van der Waals surface area contributed by atoms with Crippen molar-refractivity contribution in [3.05, 3.63) is 28.3 Å². The fourth-order valence-electron chi connectivity index (χ4n) is 2.85. The number of hydrogen-bond donors (Lipinski definition) is 1. The van der Waals surface area contributed by atoms with Crippen molar-refractivity contribution in [2.45, 2.75) is 64.8 Å². The summed E-state index contributed by atoms with van der Waals surface area (Å²) >= 11 is 0. The van der Waals surface area contributed by atoms with Crippen LogP contribution in [0.5, 0.6) is 0 Å². The molecular weight excluding hydrogens is 314 g/mol. The zero-order valence-corrected chi connectivity index (χ0v) is 15.8. The lowest BCUT2D eigenvalue weighted by molar-refractivity contribution is -0.147. The van der Waals surface area contributed by atoms with Crippen LogP contribution in [0.1, 0.15) is 48.9 Å². The molecule has 0 radical (unpaired) electrons. The van der Waals surface area contributed by atoms with E-state index in [4.69, 9.17) is 4.74 Å². The molecule has 1 unspecified atom stereocenters. The molecule has 5 nitrogen and oxygen atoms in total. The van der Waals surface area contributed by atoms with Gasteiger partial charge in [-0.3, -0.25) is 4.79 Å². The van der Waals surface area contributed by atoms with Crippen LogP contribution < -0.4 is 4.72 Å². The number of methoxy groups -OCH3 is 1. The van der Waals surface area contributed by atoms with Crippen LogP contribution >= 0.6 is 0 Å². The number of ether oxygens (including phenoxy) is 1. The minimum atomic E-state index is -3.85. The maximum atomic E-state index is 13.0. The summed E-state index contributed by atoms with van der Waals surface area (Å²) in [5.74, 6) is -0.581. The predicted octanol–water partition coefficient (Wildman–Crippen LogP) is 2.93. The fourth-order valence-corrected chi connectivity index (χ4v) is 4.86. The van der Waals surface area contributed by atoms with Gasteiger partial charge in [-0.1, -0.05) is 19.4 Å². The molecule has 0 spiro atoms. The molecule has 0 aliphatic rings. The van der Waals surface area contributed by atoms with Gasteiger partial charge < -0.3 is 4.74 Å². The van der Waals surface area contributed by atoms with Gasteiger partial charge >= 0.3 is 5.97 Å². The molecule has 1 aromatic rings. The van der Waals surface area contributed by atoms with E-state index in [-0.39, 0.29) is 4.90 Å². The van der Waals surface area contributed by atoms with E-state index in [1.165, 1.54) is 7.11 Å². The molecule has 1 atom stereocenters. The Hall–Kier alpha value is -1.40. The fraction of sp³-hybridized carbons (Fsp3) is 0.588. The Morgan fingerprint density at radius 3 is 2.04 bits per heavy atom. The van der Waals surface area contributed by atoms with Crippen LogP contribution in [0.15, 0.2) is 11.0 Å². The first-order chi connectivity index (χ1) is 10.5. The van der Waals surface area contributed by atoms with Crippen LogP contribution in [0.3, 0.4) is 0 Å². The normalized spacial score (nSPS) is 14.4. The van der Waals surface area contributed by atoms with Gasteiger partial charge in [0, 0.05) is 0 Å². The molecule has 1 aromatic carbocycles. The standard InChI is InChI=1S/C17H27NO4S/c1-8-9-17(6,16(19)22-7)18-23(20,21)15-13(4)11(2)10-12(3)14(15)5/h10,18H,8-9H2,1-7H3. The molecule has 0 fully saturated rings. The van der Waals surface area contributed by atoms with Crippen molar-refractivity contribution < 1.29 is 17.9 Å². The smallest absolute Gasteiger partial charge is 0.326 e. The molecule has 6 heteroatoms. The second-order valence-corrected chi connectivity index (χ2v) is 7.89. The number of nitrogens with one attached hydrogen (secondary N) is 1. The second kappa shape index (κ2) is 7.01. The number of hydrogen-bond acceptors (Lipinski definition) is 4. The minimum Gasteiger partial charge on any atom is -0.468 e. The Bertz CT molecular complexity index is 684. The van der Waals surface area contributed by atoms with Gasteiger partial charge in [0.1, 0.15) is 5.54 Å². The second-order valence-electron chi connectivity index (χ2n) is 6.27. The van der Waals surface area contributed by atoms with Crippen LogP contribution in [0.2, 0.25) is 0 Å². The first-order valence-electron chi connectivity index (χ1n) is 7.70. The molecule has 130 valence electrons. The Kier molecular flexibility index (Phi) is 5.99. The number of esters is 1. The van der Waals surface area contributed by atoms with E-state index in [0.29, 0.717) is 24.0 Å². The molecule has 1 N–H and O–H groups in total. The lowest BCUT2D eigenvalue weighted by Gasteiger charge is -2.28. The molecule has 1 rings (SSSR count). The molecular formula is C17H27NO4S. The molecule has 0 aliphatic carbocycles. The van der Waals surface area contributed by atoms with Crippen molar-refractivity contribution >= 4 is 16.0 Å². The number of sulfonamides is 1. The first-order valence-corrected chi connectivity index (χ1v) is 9.18.